The number of thiophene rings is 2. The molecule has 0 aromatic carbocycles. The number of esters is 1. The fourth-order valence-corrected chi connectivity index (χ4v) is 8.13. The van der Waals surface area contributed by atoms with Crippen LogP contribution < -0.4 is 10.6 Å². The quantitative estimate of drug-likeness (QED) is 0.286. The second-order valence-corrected chi connectivity index (χ2v) is 11.9. The molecular formula is C27H34N4O2S3. The fourth-order valence-electron chi connectivity index (χ4n) is 5.24. The molecule has 2 aliphatic rings. The van der Waals surface area contributed by atoms with E-state index in [1.165, 1.54) is 38.7 Å². The van der Waals surface area contributed by atoms with Crippen LogP contribution in [0.25, 0.3) is 5.00 Å². The Morgan fingerprint density at radius 2 is 1.83 bits per heavy atom. The topological polar surface area (TPSA) is 58.5 Å². The van der Waals surface area contributed by atoms with Crippen molar-refractivity contribution in [1.82, 2.24) is 14.8 Å². The molecule has 0 radical (unpaired) electrons. The van der Waals surface area contributed by atoms with Crippen molar-refractivity contribution in [3.05, 3.63) is 56.5 Å². The summed E-state index contributed by atoms with van der Waals surface area (Å²) in [5, 5.41) is 9.44. The Kier molecular flexibility index (Phi) is 8.10. The van der Waals surface area contributed by atoms with Gasteiger partial charge in [-0.25, -0.2) is 4.79 Å². The number of hydrogen-bond donors (Lipinski definition) is 2. The zero-order valence-electron chi connectivity index (χ0n) is 21.0. The molecule has 4 heterocycles. The summed E-state index contributed by atoms with van der Waals surface area (Å²) in [4.78, 5) is 18.1. The number of hydrogen-bond acceptors (Lipinski definition) is 6. The van der Waals surface area contributed by atoms with Crippen molar-refractivity contribution in [2.45, 2.75) is 65.5 Å². The molecule has 3 aromatic heterocycles. The maximum absolute atomic E-state index is 12.8. The van der Waals surface area contributed by atoms with E-state index in [0.717, 1.165) is 55.9 Å². The summed E-state index contributed by atoms with van der Waals surface area (Å²) in [6.45, 7) is 8.34. The van der Waals surface area contributed by atoms with Crippen LogP contribution in [-0.2, 0) is 37.1 Å². The molecular weight excluding hydrogens is 509 g/mol. The minimum absolute atomic E-state index is 0.249. The zero-order chi connectivity index (χ0) is 25.1. The summed E-state index contributed by atoms with van der Waals surface area (Å²) < 4.78 is 7.62. The van der Waals surface area contributed by atoms with Gasteiger partial charge < -0.3 is 19.9 Å². The van der Waals surface area contributed by atoms with Gasteiger partial charge in [-0.2, -0.15) is 0 Å². The lowest BCUT2D eigenvalue weighted by atomic mass is 9.95. The van der Waals surface area contributed by atoms with Gasteiger partial charge in [-0.3, -0.25) is 4.90 Å². The average Bonchev–Trinajstić information content (AvgIpc) is 3.57. The molecule has 36 heavy (non-hydrogen) atoms. The van der Waals surface area contributed by atoms with Crippen LogP contribution in [0.1, 0.15) is 69.9 Å². The molecule has 0 amide bonds. The second-order valence-electron chi connectivity index (χ2n) is 9.29. The third kappa shape index (κ3) is 5.25. The van der Waals surface area contributed by atoms with Gasteiger partial charge in [-0.1, -0.05) is 6.92 Å². The number of aryl methyl sites for hydroxylation is 1. The molecule has 0 bridgehead atoms. The van der Waals surface area contributed by atoms with Crippen LogP contribution in [0.15, 0.2) is 24.5 Å². The third-order valence-corrected chi connectivity index (χ3v) is 9.76. The Balaban J connectivity index is 1.37. The fraction of sp³-hybridized carbons (Fsp3) is 0.481. The van der Waals surface area contributed by atoms with Gasteiger partial charge in [0.2, 0.25) is 0 Å². The molecule has 2 N–H and O–H groups in total. The maximum Gasteiger partial charge on any atom is 0.341 e. The molecule has 0 saturated heterocycles. The molecule has 9 heteroatoms. The molecule has 0 unspecified atom stereocenters. The van der Waals surface area contributed by atoms with Crippen molar-refractivity contribution in [2.75, 3.05) is 25.0 Å². The Morgan fingerprint density at radius 3 is 2.61 bits per heavy atom. The first-order valence-corrected chi connectivity index (χ1v) is 15.0. The molecule has 192 valence electrons. The van der Waals surface area contributed by atoms with Gasteiger partial charge in [0.15, 0.2) is 5.11 Å². The average molecular weight is 543 g/mol. The highest BCUT2D eigenvalue weighted by molar-refractivity contribution is 7.80. The van der Waals surface area contributed by atoms with Gasteiger partial charge in [0.05, 0.1) is 12.2 Å². The van der Waals surface area contributed by atoms with Gasteiger partial charge in [0.1, 0.15) is 10.0 Å². The minimum atomic E-state index is -0.249. The summed E-state index contributed by atoms with van der Waals surface area (Å²) in [7, 11) is 0. The number of ether oxygens (including phenoxy) is 1. The normalized spacial score (nSPS) is 15.6. The van der Waals surface area contributed by atoms with E-state index in [-0.39, 0.29) is 5.97 Å². The van der Waals surface area contributed by atoms with Gasteiger partial charge in [-0.05, 0) is 94.0 Å². The van der Waals surface area contributed by atoms with Gasteiger partial charge in [-0.15, -0.1) is 22.7 Å². The van der Waals surface area contributed by atoms with Crippen LogP contribution in [-0.4, -0.2) is 40.2 Å². The maximum atomic E-state index is 12.8. The predicted molar refractivity (Wildman–Crippen MR) is 153 cm³/mol. The van der Waals surface area contributed by atoms with Crippen molar-refractivity contribution < 1.29 is 9.53 Å². The number of fused-ring (bicyclic) bond motifs is 2. The van der Waals surface area contributed by atoms with E-state index < -0.39 is 0 Å². The lowest BCUT2D eigenvalue weighted by Crippen LogP contribution is -2.29. The summed E-state index contributed by atoms with van der Waals surface area (Å²) in [5.74, 6) is -0.249. The number of thiocarbonyl (C=S) groups is 1. The molecule has 0 fully saturated rings. The van der Waals surface area contributed by atoms with Crippen LogP contribution in [0.3, 0.4) is 0 Å². The number of carbonyl (C=O) groups is 1. The number of nitrogens with zero attached hydrogens (tertiary/aromatic N) is 2. The molecule has 0 saturated carbocycles. The van der Waals surface area contributed by atoms with Crippen LogP contribution in [0.2, 0.25) is 0 Å². The molecule has 6 nitrogen and oxygen atoms in total. The van der Waals surface area contributed by atoms with E-state index in [4.69, 9.17) is 17.0 Å². The van der Waals surface area contributed by atoms with E-state index in [2.05, 4.69) is 51.6 Å². The lowest BCUT2D eigenvalue weighted by Gasteiger charge is -2.16. The van der Waals surface area contributed by atoms with E-state index in [9.17, 15) is 4.79 Å². The largest absolute Gasteiger partial charge is 0.462 e. The first-order chi connectivity index (χ1) is 17.6. The molecule has 0 atom stereocenters. The lowest BCUT2D eigenvalue weighted by molar-refractivity contribution is 0.0526. The van der Waals surface area contributed by atoms with Crippen LogP contribution in [0.5, 0.6) is 0 Å². The van der Waals surface area contributed by atoms with Crippen molar-refractivity contribution in [3.63, 3.8) is 0 Å². The van der Waals surface area contributed by atoms with Crippen LogP contribution >= 0.6 is 34.9 Å². The van der Waals surface area contributed by atoms with Crippen molar-refractivity contribution >= 4 is 51.0 Å². The SMILES string of the molecule is CCOC(=O)c1c(NC(=S)NCc2c(-n3cccc3)sc3c2CCCN(CC)C3)sc2c1CCCC2. The first-order valence-electron chi connectivity index (χ1n) is 12.9. The summed E-state index contributed by atoms with van der Waals surface area (Å²) in [5.41, 5.74) is 4.62. The monoisotopic (exact) mass is 542 g/mol. The highest BCUT2D eigenvalue weighted by atomic mass is 32.1. The Hall–Kier alpha value is -2.20. The van der Waals surface area contributed by atoms with Crippen molar-refractivity contribution in [3.8, 4) is 5.00 Å². The van der Waals surface area contributed by atoms with Crippen molar-refractivity contribution in [1.29, 1.82) is 0 Å². The summed E-state index contributed by atoms with van der Waals surface area (Å²) >= 11 is 9.29. The Labute approximate surface area is 226 Å². The zero-order valence-corrected chi connectivity index (χ0v) is 23.5. The number of nitrogens with one attached hydrogen (secondary N) is 2. The molecule has 5 rings (SSSR count). The highest BCUT2D eigenvalue weighted by Crippen LogP contribution is 2.39. The minimum Gasteiger partial charge on any atom is -0.462 e. The first kappa shape index (κ1) is 25.4. The smallest absolute Gasteiger partial charge is 0.341 e. The van der Waals surface area contributed by atoms with Crippen LogP contribution in [0.4, 0.5) is 5.00 Å². The number of carbonyl (C=O) groups excluding carboxylic acids is 1. The molecule has 1 aliphatic heterocycles. The van der Waals surface area contributed by atoms with Gasteiger partial charge >= 0.3 is 5.97 Å². The third-order valence-electron chi connectivity index (χ3n) is 7.04. The summed E-state index contributed by atoms with van der Waals surface area (Å²) in [6.07, 6.45) is 10.7. The van der Waals surface area contributed by atoms with E-state index in [0.29, 0.717) is 23.8 Å². The van der Waals surface area contributed by atoms with Gasteiger partial charge in [0.25, 0.3) is 0 Å². The standard InChI is InChI=1S/C27H34N4O2S3/c1-3-30-13-9-11-18-20(25(36-22(18)17-30)31-14-7-8-15-31)16-28-27(34)29-24-23(26(32)33-4-2)19-10-5-6-12-21(19)35-24/h7-8,14-15H,3-6,9-13,16-17H2,1-2H3,(H2,28,29,34). The van der Waals surface area contributed by atoms with Crippen LogP contribution in [0, 0.1) is 0 Å². The number of anilines is 1. The Bertz CT molecular complexity index is 1230. The molecule has 1 aliphatic carbocycles. The predicted octanol–water partition coefficient (Wildman–Crippen LogP) is 5.91. The Morgan fingerprint density at radius 1 is 1.06 bits per heavy atom. The summed E-state index contributed by atoms with van der Waals surface area (Å²) in [6, 6.07) is 4.14. The van der Waals surface area contributed by atoms with E-state index in [1.807, 2.05) is 18.3 Å². The second kappa shape index (κ2) is 11.5. The number of aromatic nitrogens is 1. The molecule has 0 spiro atoms. The highest BCUT2D eigenvalue weighted by Gasteiger charge is 2.27. The molecule has 3 aromatic rings. The van der Waals surface area contributed by atoms with Gasteiger partial charge in [0, 0.05) is 40.8 Å². The van der Waals surface area contributed by atoms with Crippen molar-refractivity contribution in [2.24, 2.45) is 0 Å². The van der Waals surface area contributed by atoms with E-state index >= 15 is 0 Å². The van der Waals surface area contributed by atoms with E-state index in [1.54, 1.807) is 11.3 Å². The number of rotatable bonds is 7.